The number of ether oxygens (including phenoxy) is 1. The summed E-state index contributed by atoms with van der Waals surface area (Å²) in [5.41, 5.74) is 2.60. The van der Waals surface area contributed by atoms with Gasteiger partial charge in [0.2, 0.25) is 15.9 Å². The fraction of sp³-hybridized carbons (Fsp3) is 0.273. The van der Waals surface area contributed by atoms with Crippen LogP contribution in [0.15, 0.2) is 53.4 Å². The summed E-state index contributed by atoms with van der Waals surface area (Å²) >= 11 is 0. The summed E-state index contributed by atoms with van der Waals surface area (Å²) in [6, 6.07) is 14.5. The van der Waals surface area contributed by atoms with E-state index in [0.717, 1.165) is 5.56 Å². The first-order valence-corrected chi connectivity index (χ1v) is 12.0. The molecule has 1 fully saturated rings. The Balaban J connectivity index is 1.36. The van der Waals surface area contributed by atoms with Gasteiger partial charge in [-0.15, -0.1) is 10.2 Å². The zero-order chi connectivity index (χ0) is 22.8. The summed E-state index contributed by atoms with van der Waals surface area (Å²) in [4.78, 5) is 19.9. The van der Waals surface area contributed by atoms with Gasteiger partial charge in [0, 0.05) is 30.4 Å². The molecule has 10 nitrogen and oxygen atoms in total. The highest BCUT2D eigenvalue weighted by atomic mass is 32.2. The smallest absolute Gasteiger partial charge is 0.251 e. The van der Waals surface area contributed by atoms with Crippen molar-refractivity contribution in [3.05, 3.63) is 54.1 Å². The normalized spacial score (nSPS) is 15.2. The zero-order valence-corrected chi connectivity index (χ0v) is 18.5. The number of amides is 1. The molecule has 170 valence electrons. The van der Waals surface area contributed by atoms with Crippen molar-refractivity contribution in [1.29, 1.82) is 0 Å². The summed E-state index contributed by atoms with van der Waals surface area (Å²) in [7, 11) is -3.64. The van der Waals surface area contributed by atoms with Crippen LogP contribution in [0.5, 0.6) is 0 Å². The average molecular weight is 467 g/mol. The number of H-pyrrole nitrogens is 1. The first-order chi connectivity index (χ1) is 16.0. The van der Waals surface area contributed by atoms with Gasteiger partial charge >= 0.3 is 0 Å². The molecule has 11 heteroatoms. The molecule has 2 aromatic heterocycles. The first-order valence-electron chi connectivity index (χ1n) is 10.6. The summed E-state index contributed by atoms with van der Waals surface area (Å²) < 4.78 is 32.6. The number of fused-ring (bicyclic) bond motifs is 3. The van der Waals surface area contributed by atoms with Gasteiger partial charge in [0.05, 0.1) is 18.1 Å². The number of anilines is 1. The Hall–Kier alpha value is -3.41. The summed E-state index contributed by atoms with van der Waals surface area (Å²) in [6.45, 7) is 1.40. The number of benzene rings is 2. The molecule has 0 bridgehead atoms. The minimum absolute atomic E-state index is 0.0910. The second-order valence-electron chi connectivity index (χ2n) is 7.72. The Labute approximate surface area is 190 Å². The molecule has 1 aliphatic heterocycles. The highest BCUT2D eigenvalue weighted by Gasteiger charge is 2.27. The van der Waals surface area contributed by atoms with Crippen LogP contribution in [0.1, 0.15) is 12.0 Å². The largest absolute Gasteiger partial charge is 0.379 e. The van der Waals surface area contributed by atoms with E-state index in [0.29, 0.717) is 61.2 Å². The van der Waals surface area contributed by atoms with Crippen LogP contribution in [-0.4, -0.2) is 65.1 Å². The molecule has 5 rings (SSSR count). The van der Waals surface area contributed by atoms with Gasteiger partial charge in [-0.05, 0) is 30.2 Å². The molecule has 0 atom stereocenters. The highest BCUT2D eigenvalue weighted by Crippen LogP contribution is 2.27. The number of aromatic nitrogens is 4. The van der Waals surface area contributed by atoms with E-state index >= 15 is 0 Å². The van der Waals surface area contributed by atoms with Crippen molar-refractivity contribution in [2.75, 3.05) is 31.6 Å². The van der Waals surface area contributed by atoms with Crippen molar-refractivity contribution in [3.8, 4) is 0 Å². The quantitative estimate of drug-likeness (QED) is 0.445. The van der Waals surface area contributed by atoms with E-state index in [-0.39, 0.29) is 16.8 Å². The molecule has 0 saturated carbocycles. The number of sulfonamides is 1. The molecule has 2 N–H and O–H groups in total. The molecule has 1 saturated heterocycles. The maximum Gasteiger partial charge on any atom is 0.251 e. The van der Waals surface area contributed by atoms with Crippen LogP contribution in [-0.2, 0) is 26.0 Å². The predicted molar refractivity (Wildman–Crippen MR) is 122 cm³/mol. The van der Waals surface area contributed by atoms with Gasteiger partial charge in [0.25, 0.3) is 5.95 Å². The van der Waals surface area contributed by atoms with Crippen LogP contribution >= 0.6 is 0 Å². The summed E-state index contributed by atoms with van der Waals surface area (Å²) in [6.07, 6.45) is 0.899. The van der Waals surface area contributed by atoms with Crippen LogP contribution in [0.2, 0.25) is 0 Å². The fourth-order valence-electron chi connectivity index (χ4n) is 3.79. The van der Waals surface area contributed by atoms with Crippen LogP contribution < -0.4 is 5.32 Å². The van der Waals surface area contributed by atoms with Gasteiger partial charge in [0.1, 0.15) is 5.52 Å². The van der Waals surface area contributed by atoms with E-state index in [4.69, 9.17) is 4.74 Å². The number of aryl methyl sites for hydroxylation is 1. The Morgan fingerprint density at radius 1 is 1.09 bits per heavy atom. The summed E-state index contributed by atoms with van der Waals surface area (Å²) in [5, 5.41) is 11.5. The molecule has 33 heavy (non-hydrogen) atoms. The van der Waals surface area contributed by atoms with E-state index in [9.17, 15) is 13.2 Å². The Kier molecular flexibility index (Phi) is 5.75. The van der Waals surface area contributed by atoms with Gasteiger partial charge in [-0.2, -0.15) is 9.29 Å². The van der Waals surface area contributed by atoms with Crippen molar-refractivity contribution < 1.29 is 17.9 Å². The molecule has 0 aliphatic carbocycles. The predicted octanol–water partition coefficient (Wildman–Crippen LogP) is 2.10. The third kappa shape index (κ3) is 4.42. The molecular weight excluding hydrogens is 444 g/mol. The number of hydrogen-bond acceptors (Lipinski definition) is 7. The minimum Gasteiger partial charge on any atom is -0.379 e. The number of rotatable bonds is 6. The molecule has 1 amide bonds. The molecule has 3 heterocycles. The maximum atomic E-state index is 13.0. The van der Waals surface area contributed by atoms with Crippen LogP contribution in [0, 0.1) is 0 Å². The Morgan fingerprint density at radius 3 is 2.67 bits per heavy atom. The second kappa shape index (κ2) is 8.85. The topological polar surface area (TPSA) is 130 Å². The van der Waals surface area contributed by atoms with E-state index in [2.05, 4.69) is 25.5 Å². The molecule has 0 radical (unpaired) electrons. The lowest BCUT2D eigenvalue weighted by Crippen LogP contribution is -2.40. The number of hydrogen-bond donors (Lipinski definition) is 2. The molecule has 1 aliphatic rings. The van der Waals surface area contributed by atoms with Crippen LogP contribution in [0.4, 0.5) is 5.95 Å². The van der Waals surface area contributed by atoms with E-state index in [1.807, 2.05) is 30.3 Å². The summed E-state index contributed by atoms with van der Waals surface area (Å²) in [5.74, 6) is -0.122. The lowest BCUT2D eigenvalue weighted by molar-refractivity contribution is -0.116. The van der Waals surface area contributed by atoms with Crippen molar-refractivity contribution >= 4 is 43.9 Å². The minimum atomic E-state index is -3.64. The van der Waals surface area contributed by atoms with Gasteiger partial charge in [0.15, 0.2) is 5.65 Å². The third-order valence-electron chi connectivity index (χ3n) is 5.53. The Morgan fingerprint density at radius 2 is 1.88 bits per heavy atom. The van der Waals surface area contributed by atoms with Crippen molar-refractivity contribution in [2.24, 2.45) is 0 Å². The molecule has 0 spiro atoms. The SMILES string of the molecule is O=C(CCc1ccccc1)Nc1nnc2c(n1)[nH]c1ccc(S(=O)(=O)N3CCOCC3)cc12. The lowest BCUT2D eigenvalue weighted by Gasteiger charge is -2.26. The fourth-order valence-corrected chi connectivity index (χ4v) is 5.22. The van der Waals surface area contributed by atoms with Crippen LogP contribution in [0.25, 0.3) is 22.1 Å². The molecule has 4 aromatic rings. The van der Waals surface area contributed by atoms with Crippen molar-refractivity contribution in [2.45, 2.75) is 17.7 Å². The number of carbonyl (C=O) groups excluding carboxylic acids is 1. The zero-order valence-electron chi connectivity index (χ0n) is 17.7. The third-order valence-corrected chi connectivity index (χ3v) is 7.42. The number of nitrogens with one attached hydrogen (secondary N) is 2. The number of aromatic amines is 1. The molecule has 0 unspecified atom stereocenters. The monoisotopic (exact) mass is 466 g/mol. The van der Waals surface area contributed by atoms with E-state index < -0.39 is 10.0 Å². The number of carbonyl (C=O) groups is 1. The van der Waals surface area contributed by atoms with Gasteiger partial charge in [-0.3, -0.25) is 10.1 Å². The van der Waals surface area contributed by atoms with E-state index in [1.54, 1.807) is 18.2 Å². The molecular formula is C22H22N6O4S. The average Bonchev–Trinajstić information content (AvgIpc) is 3.21. The second-order valence-corrected chi connectivity index (χ2v) is 9.65. The number of morpholine rings is 1. The standard InChI is InChI=1S/C22H22N6O4S/c29-19(9-6-15-4-2-1-3-5-15)24-22-25-21-20(26-27-22)17-14-16(7-8-18(17)23-21)33(30,31)28-10-12-32-13-11-28/h1-5,7-8,14H,6,9-13H2,(H2,23,24,25,27,29). The number of nitrogens with zero attached hydrogens (tertiary/aromatic N) is 4. The maximum absolute atomic E-state index is 13.0. The van der Waals surface area contributed by atoms with E-state index in [1.165, 1.54) is 4.31 Å². The Bertz CT molecular complexity index is 1420. The first kappa shape index (κ1) is 21.4. The van der Waals surface area contributed by atoms with Gasteiger partial charge in [-0.25, -0.2) is 8.42 Å². The highest BCUT2D eigenvalue weighted by molar-refractivity contribution is 7.89. The molecule has 2 aromatic carbocycles. The van der Waals surface area contributed by atoms with Crippen molar-refractivity contribution in [1.82, 2.24) is 24.5 Å². The van der Waals surface area contributed by atoms with Crippen molar-refractivity contribution in [3.63, 3.8) is 0 Å². The lowest BCUT2D eigenvalue weighted by atomic mass is 10.1. The van der Waals surface area contributed by atoms with Gasteiger partial charge < -0.3 is 9.72 Å². The van der Waals surface area contributed by atoms with Crippen LogP contribution in [0.3, 0.4) is 0 Å². The van der Waals surface area contributed by atoms with Gasteiger partial charge in [-0.1, -0.05) is 30.3 Å².